The smallest absolute Gasteiger partial charge is 0.319 e. The van der Waals surface area contributed by atoms with Gasteiger partial charge in [-0.25, -0.2) is 4.79 Å². The average Bonchev–Trinajstić information content (AvgIpc) is 3.32. The highest BCUT2D eigenvalue weighted by Gasteiger charge is 2.29. The van der Waals surface area contributed by atoms with Gasteiger partial charge in [0.05, 0.1) is 32.3 Å². The number of rotatable bonds is 8. The first-order valence-electron chi connectivity index (χ1n) is 10.9. The number of urea groups is 1. The Morgan fingerprint density at radius 1 is 1.09 bits per heavy atom. The van der Waals surface area contributed by atoms with Gasteiger partial charge in [0, 0.05) is 18.3 Å². The van der Waals surface area contributed by atoms with Gasteiger partial charge < -0.3 is 40.0 Å². The average molecular weight is 469 g/mol. The van der Waals surface area contributed by atoms with E-state index in [1.54, 1.807) is 37.5 Å². The van der Waals surface area contributed by atoms with E-state index in [9.17, 15) is 14.7 Å². The Kier molecular flexibility index (Phi) is 7.51. The van der Waals surface area contributed by atoms with Gasteiger partial charge in [-0.1, -0.05) is 24.3 Å². The summed E-state index contributed by atoms with van der Waals surface area (Å²) >= 11 is 0. The molecule has 0 saturated heterocycles. The van der Waals surface area contributed by atoms with Gasteiger partial charge in [0.15, 0.2) is 11.5 Å². The SMILES string of the molecule is COc1ccc(CNC(=O)C[C@H]2C=C[C@H](NC(=O)Nc3ccc4c(c3)OCO4)[C@H](CO)O2)cc1. The van der Waals surface area contributed by atoms with E-state index in [4.69, 9.17) is 18.9 Å². The molecule has 4 N–H and O–H groups in total. The van der Waals surface area contributed by atoms with Gasteiger partial charge in [0.2, 0.25) is 12.7 Å². The second-order valence-corrected chi connectivity index (χ2v) is 7.80. The van der Waals surface area contributed by atoms with E-state index in [0.717, 1.165) is 11.3 Å². The Labute approximate surface area is 196 Å². The number of ether oxygens (including phenoxy) is 4. The Morgan fingerprint density at radius 3 is 2.65 bits per heavy atom. The van der Waals surface area contributed by atoms with Gasteiger partial charge in [0.1, 0.15) is 11.9 Å². The molecule has 10 nitrogen and oxygen atoms in total. The van der Waals surface area contributed by atoms with Crippen molar-refractivity contribution in [2.45, 2.75) is 31.2 Å². The minimum atomic E-state index is -0.688. The van der Waals surface area contributed by atoms with Crippen molar-refractivity contribution in [3.63, 3.8) is 0 Å². The molecular formula is C24H27N3O7. The van der Waals surface area contributed by atoms with E-state index < -0.39 is 24.3 Å². The second-order valence-electron chi connectivity index (χ2n) is 7.80. The standard InChI is InChI=1S/C24H27N3O7/c1-31-17-5-2-15(3-6-17)12-25-23(29)11-18-7-8-19(22(13-28)34-18)27-24(30)26-16-4-9-20-21(10-16)33-14-32-20/h2-10,18-19,22,28H,11-14H2,1H3,(H,25,29)(H2,26,27,30)/t18-,19+,22+/m1/s1. The number of methoxy groups -OCH3 is 1. The van der Waals surface area contributed by atoms with E-state index in [2.05, 4.69) is 16.0 Å². The number of benzene rings is 2. The Balaban J connectivity index is 1.25. The molecule has 0 aliphatic carbocycles. The van der Waals surface area contributed by atoms with Crippen LogP contribution in [0.3, 0.4) is 0 Å². The molecule has 3 atom stereocenters. The molecule has 0 unspecified atom stereocenters. The topological polar surface area (TPSA) is 127 Å². The number of hydrogen-bond acceptors (Lipinski definition) is 7. The van der Waals surface area contributed by atoms with Crippen molar-refractivity contribution < 1.29 is 33.6 Å². The zero-order valence-corrected chi connectivity index (χ0v) is 18.7. The van der Waals surface area contributed by atoms with Crippen LogP contribution in [-0.2, 0) is 16.1 Å². The lowest BCUT2D eigenvalue weighted by Gasteiger charge is -2.31. The third-order valence-corrected chi connectivity index (χ3v) is 5.43. The van der Waals surface area contributed by atoms with Crippen LogP contribution in [0.25, 0.3) is 0 Å². The number of hydrogen-bond donors (Lipinski definition) is 4. The molecule has 0 bridgehead atoms. The highest BCUT2D eigenvalue weighted by molar-refractivity contribution is 5.90. The fourth-order valence-corrected chi connectivity index (χ4v) is 3.63. The highest BCUT2D eigenvalue weighted by Crippen LogP contribution is 2.34. The van der Waals surface area contributed by atoms with Gasteiger partial charge in [-0.15, -0.1) is 0 Å². The summed E-state index contributed by atoms with van der Waals surface area (Å²) in [5, 5.41) is 18.1. The summed E-state index contributed by atoms with van der Waals surface area (Å²) < 4.78 is 21.5. The molecule has 0 fully saturated rings. The summed E-state index contributed by atoms with van der Waals surface area (Å²) in [7, 11) is 1.60. The van der Waals surface area contributed by atoms with Crippen molar-refractivity contribution >= 4 is 17.6 Å². The normalized spacial score (nSPS) is 20.5. The van der Waals surface area contributed by atoms with Crippen LogP contribution in [0.2, 0.25) is 0 Å². The molecule has 2 aromatic carbocycles. The lowest BCUT2D eigenvalue weighted by atomic mass is 10.0. The minimum absolute atomic E-state index is 0.0965. The maximum atomic E-state index is 12.4. The zero-order chi connectivity index (χ0) is 23.9. The largest absolute Gasteiger partial charge is 0.497 e. The summed E-state index contributed by atoms with van der Waals surface area (Å²) in [5.74, 6) is 1.74. The fourth-order valence-electron chi connectivity index (χ4n) is 3.63. The first kappa shape index (κ1) is 23.4. The van der Waals surface area contributed by atoms with Gasteiger partial charge in [-0.05, 0) is 29.8 Å². The van der Waals surface area contributed by atoms with Crippen molar-refractivity contribution in [2.24, 2.45) is 0 Å². The van der Waals surface area contributed by atoms with Gasteiger partial charge in [0.25, 0.3) is 0 Å². The lowest BCUT2D eigenvalue weighted by Crippen LogP contribution is -2.50. The first-order valence-corrected chi connectivity index (χ1v) is 10.9. The number of amides is 3. The van der Waals surface area contributed by atoms with Gasteiger partial charge in [-0.3, -0.25) is 4.79 Å². The van der Waals surface area contributed by atoms with Crippen LogP contribution < -0.4 is 30.2 Å². The third-order valence-electron chi connectivity index (χ3n) is 5.43. The molecule has 34 heavy (non-hydrogen) atoms. The summed E-state index contributed by atoms with van der Waals surface area (Å²) in [6.07, 6.45) is 2.34. The van der Waals surface area contributed by atoms with Crippen LogP contribution in [0, 0.1) is 0 Å². The fraction of sp³-hybridized carbons (Fsp3) is 0.333. The van der Waals surface area contributed by atoms with Gasteiger partial charge >= 0.3 is 6.03 Å². The number of carbonyl (C=O) groups excluding carboxylic acids is 2. The predicted octanol–water partition coefficient (Wildman–Crippen LogP) is 1.94. The molecule has 2 aromatic rings. The summed E-state index contributed by atoms with van der Waals surface area (Å²) in [6.45, 7) is 0.213. The monoisotopic (exact) mass is 469 g/mol. The molecule has 4 rings (SSSR count). The molecule has 2 aliphatic heterocycles. The summed E-state index contributed by atoms with van der Waals surface area (Å²) in [4.78, 5) is 24.8. The molecule has 2 heterocycles. The molecule has 3 amide bonds. The van der Waals surface area contributed by atoms with Crippen LogP contribution in [0.15, 0.2) is 54.6 Å². The van der Waals surface area contributed by atoms with E-state index in [1.807, 2.05) is 24.3 Å². The molecule has 0 radical (unpaired) electrons. The summed E-state index contributed by atoms with van der Waals surface area (Å²) in [6, 6.07) is 11.5. The molecule has 0 aromatic heterocycles. The molecule has 0 saturated carbocycles. The molecule has 0 spiro atoms. The Hall–Kier alpha value is -3.76. The first-order chi connectivity index (χ1) is 16.5. The molecule has 10 heteroatoms. The Bertz CT molecular complexity index is 1040. The minimum Gasteiger partial charge on any atom is -0.497 e. The van der Waals surface area contributed by atoms with Gasteiger partial charge in [-0.2, -0.15) is 0 Å². The van der Waals surface area contributed by atoms with Crippen molar-refractivity contribution in [2.75, 3.05) is 25.8 Å². The van der Waals surface area contributed by atoms with Crippen LogP contribution in [0.5, 0.6) is 17.2 Å². The quantitative estimate of drug-likeness (QED) is 0.435. The number of aliphatic hydroxyl groups excluding tert-OH is 1. The van der Waals surface area contributed by atoms with Crippen molar-refractivity contribution in [1.29, 1.82) is 0 Å². The van der Waals surface area contributed by atoms with Crippen molar-refractivity contribution in [3.8, 4) is 17.2 Å². The molecule has 180 valence electrons. The number of aliphatic hydroxyl groups is 1. The third kappa shape index (κ3) is 5.97. The lowest BCUT2D eigenvalue weighted by molar-refractivity contribution is -0.125. The second kappa shape index (κ2) is 10.9. The number of anilines is 1. The van der Waals surface area contributed by atoms with Crippen LogP contribution >= 0.6 is 0 Å². The molecule has 2 aliphatic rings. The van der Waals surface area contributed by atoms with Crippen molar-refractivity contribution in [1.82, 2.24) is 10.6 Å². The number of carbonyl (C=O) groups is 2. The maximum absolute atomic E-state index is 12.4. The highest BCUT2D eigenvalue weighted by atomic mass is 16.7. The number of nitrogens with one attached hydrogen (secondary N) is 3. The van der Waals surface area contributed by atoms with Crippen molar-refractivity contribution in [3.05, 3.63) is 60.2 Å². The van der Waals surface area contributed by atoms with Crippen LogP contribution in [-0.4, -0.2) is 55.8 Å². The Morgan fingerprint density at radius 2 is 1.88 bits per heavy atom. The van der Waals surface area contributed by atoms with E-state index in [1.165, 1.54) is 0 Å². The summed E-state index contributed by atoms with van der Waals surface area (Å²) in [5.41, 5.74) is 1.48. The molecular weight excluding hydrogens is 442 g/mol. The van der Waals surface area contributed by atoms with E-state index in [-0.39, 0.29) is 25.7 Å². The maximum Gasteiger partial charge on any atom is 0.319 e. The van der Waals surface area contributed by atoms with Crippen LogP contribution in [0.1, 0.15) is 12.0 Å². The zero-order valence-electron chi connectivity index (χ0n) is 18.7. The van der Waals surface area contributed by atoms with E-state index in [0.29, 0.717) is 23.7 Å². The van der Waals surface area contributed by atoms with E-state index >= 15 is 0 Å². The number of fused-ring (bicyclic) bond motifs is 1. The predicted molar refractivity (Wildman–Crippen MR) is 123 cm³/mol. The van der Waals surface area contributed by atoms with Crippen LogP contribution in [0.4, 0.5) is 10.5 Å².